The van der Waals surface area contributed by atoms with Gasteiger partial charge in [-0.15, -0.1) is 0 Å². The molecule has 0 aliphatic carbocycles. The highest BCUT2D eigenvalue weighted by atomic mass is 15.2. The summed E-state index contributed by atoms with van der Waals surface area (Å²) in [6.45, 7) is 3.00. The molecule has 26 heavy (non-hydrogen) atoms. The first-order chi connectivity index (χ1) is 12.8. The minimum atomic E-state index is 0.838. The Morgan fingerprint density at radius 1 is 0.769 bits per heavy atom. The quantitative estimate of drug-likeness (QED) is 0.198. The fourth-order valence-corrected chi connectivity index (χ4v) is 3.64. The van der Waals surface area contributed by atoms with Gasteiger partial charge < -0.3 is 10.9 Å². The number of pyridine rings is 1. The summed E-state index contributed by atoms with van der Waals surface area (Å²) in [5.41, 5.74) is 10.8. The predicted octanol–water partition coefficient (Wildman–Crippen LogP) is 3.54. The zero-order valence-electron chi connectivity index (χ0n) is 14.7. The summed E-state index contributed by atoms with van der Waals surface area (Å²) in [6, 6.07) is 22.9. The zero-order valence-corrected chi connectivity index (χ0v) is 14.7. The first kappa shape index (κ1) is 16.3. The number of hydrogen-bond donors (Lipinski definition) is 4. The Kier molecular flexibility index (Phi) is 4.16. The molecule has 0 atom stereocenters. The van der Waals surface area contributed by atoms with E-state index in [0.717, 1.165) is 28.8 Å². The second-order valence-corrected chi connectivity index (χ2v) is 6.24. The summed E-state index contributed by atoms with van der Waals surface area (Å²) in [6.07, 6.45) is 0. The van der Waals surface area contributed by atoms with Gasteiger partial charge in [0.25, 0.3) is 0 Å². The lowest BCUT2D eigenvalue weighted by Crippen LogP contribution is -2.36. The molecule has 6 N–H and O–H groups in total. The van der Waals surface area contributed by atoms with Gasteiger partial charge in [0.1, 0.15) is 6.54 Å². The number of fused-ring (bicyclic) bond motifs is 3. The number of benzene rings is 3. The first-order valence-electron chi connectivity index (χ1n) is 8.68. The molecule has 0 bridgehead atoms. The largest absolute Gasteiger partial charge is 0.324 e. The van der Waals surface area contributed by atoms with E-state index in [2.05, 4.69) is 70.9 Å². The van der Waals surface area contributed by atoms with Crippen molar-refractivity contribution in [2.24, 2.45) is 11.7 Å². The Bertz CT molecular complexity index is 1090. The van der Waals surface area contributed by atoms with Gasteiger partial charge in [-0.2, -0.15) is 4.57 Å². The molecular formula is C21H22N5+. The van der Waals surface area contributed by atoms with Gasteiger partial charge in [-0.25, -0.2) is 0 Å². The van der Waals surface area contributed by atoms with Crippen molar-refractivity contribution in [1.29, 1.82) is 0 Å². The van der Waals surface area contributed by atoms with Crippen LogP contribution in [0.15, 0.2) is 66.7 Å². The second-order valence-electron chi connectivity index (χ2n) is 6.24. The van der Waals surface area contributed by atoms with Crippen LogP contribution in [-0.4, -0.2) is 0 Å². The molecule has 0 spiro atoms. The van der Waals surface area contributed by atoms with E-state index in [4.69, 9.17) is 11.7 Å². The molecule has 4 rings (SSSR count). The number of nitrogen functional groups attached to an aromatic ring is 2. The van der Waals surface area contributed by atoms with Gasteiger partial charge in [0, 0.05) is 22.7 Å². The maximum Gasteiger partial charge on any atom is 0.220 e. The zero-order chi connectivity index (χ0) is 18.1. The molecule has 0 saturated heterocycles. The summed E-state index contributed by atoms with van der Waals surface area (Å²) in [7, 11) is 0. The second kappa shape index (κ2) is 6.63. The molecule has 0 radical (unpaired) electrons. The molecule has 0 aliphatic heterocycles. The van der Waals surface area contributed by atoms with Crippen molar-refractivity contribution in [2.75, 3.05) is 10.9 Å². The predicted molar refractivity (Wildman–Crippen MR) is 108 cm³/mol. The Hall–Kier alpha value is -3.15. The smallest absolute Gasteiger partial charge is 0.220 e. The van der Waals surface area contributed by atoms with E-state index >= 15 is 0 Å². The van der Waals surface area contributed by atoms with E-state index in [0.29, 0.717) is 0 Å². The van der Waals surface area contributed by atoms with Gasteiger partial charge in [0.05, 0.1) is 16.5 Å². The summed E-state index contributed by atoms with van der Waals surface area (Å²) in [4.78, 5) is 0. The Morgan fingerprint density at radius 2 is 1.42 bits per heavy atom. The van der Waals surface area contributed by atoms with E-state index in [1.54, 1.807) is 0 Å². The van der Waals surface area contributed by atoms with Crippen molar-refractivity contribution in [3.8, 4) is 11.3 Å². The number of hydrazine groups is 2. The van der Waals surface area contributed by atoms with Crippen molar-refractivity contribution < 1.29 is 4.57 Å². The average molecular weight is 344 g/mol. The lowest BCUT2D eigenvalue weighted by Gasteiger charge is -2.13. The summed E-state index contributed by atoms with van der Waals surface area (Å²) >= 11 is 0. The fourth-order valence-electron chi connectivity index (χ4n) is 3.64. The van der Waals surface area contributed by atoms with Crippen LogP contribution in [0.4, 0.5) is 11.4 Å². The van der Waals surface area contributed by atoms with Gasteiger partial charge >= 0.3 is 0 Å². The molecule has 0 fully saturated rings. The van der Waals surface area contributed by atoms with Gasteiger partial charge in [-0.1, -0.05) is 24.3 Å². The van der Waals surface area contributed by atoms with Crippen LogP contribution in [0.1, 0.15) is 6.92 Å². The van der Waals surface area contributed by atoms with Gasteiger partial charge in [-0.05, 0) is 43.3 Å². The van der Waals surface area contributed by atoms with Crippen LogP contribution in [0.5, 0.6) is 0 Å². The van der Waals surface area contributed by atoms with Gasteiger partial charge in [0.2, 0.25) is 11.2 Å². The fraction of sp³-hybridized carbons (Fsp3) is 0.0952. The Labute approximate surface area is 152 Å². The molecule has 0 saturated carbocycles. The third-order valence-electron chi connectivity index (χ3n) is 4.82. The summed E-state index contributed by atoms with van der Waals surface area (Å²) in [5.74, 6) is 11.3. The molecule has 0 unspecified atom stereocenters. The van der Waals surface area contributed by atoms with Crippen LogP contribution in [0.2, 0.25) is 0 Å². The number of aryl methyl sites for hydroxylation is 1. The van der Waals surface area contributed by atoms with Crippen LogP contribution in [0, 0.1) is 0 Å². The third-order valence-corrected chi connectivity index (χ3v) is 4.82. The monoisotopic (exact) mass is 344 g/mol. The minimum absolute atomic E-state index is 0.838. The van der Waals surface area contributed by atoms with Gasteiger partial charge in [0.15, 0.2) is 0 Å². The molecule has 1 aromatic heterocycles. The maximum absolute atomic E-state index is 5.67. The first-order valence-corrected chi connectivity index (χ1v) is 8.68. The molecule has 0 amide bonds. The van der Waals surface area contributed by atoms with Crippen molar-refractivity contribution in [2.45, 2.75) is 13.5 Å². The Balaban J connectivity index is 2.22. The van der Waals surface area contributed by atoms with Crippen LogP contribution in [0.25, 0.3) is 32.9 Å². The number of nitrogens with one attached hydrogen (secondary N) is 2. The number of hydrogen-bond acceptors (Lipinski definition) is 4. The molecule has 0 aliphatic rings. The molecular weight excluding hydrogens is 322 g/mol. The van der Waals surface area contributed by atoms with E-state index in [9.17, 15) is 0 Å². The number of nitrogens with two attached hydrogens (primary N) is 2. The van der Waals surface area contributed by atoms with Crippen LogP contribution in [0.3, 0.4) is 0 Å². The lowest BCUT2D eigenvalue weighted by molar-refractivity contribution is -0.655. The van der Waals surface area contributed by atoms with E-state index < -0.39 is 0 Å². The van der Waals surface area contributed by atoms with Crippen LogP contribution in [-0.2, 0) is 6.54 Å². The van der Waals surface area contributed by atoms with Crippen molar-refractivity contribution in [3.63, 3.8) is 0 Å². The van der Waals surface area contributed by atoms with E-state index in [1.165, 1.54) is 22.0 Å². The maximum atomic E-state index is 5.67. The minimum Gasteiger partial charge on any atom is -0.324 e. The van der Waals surface area contributed by atoms with Crippen molar-refractivity contribution in [1.82, 2.24) is 0 Å². The molecule has 4 aromatic rings. The topological polar surface area (TPSA) is 80.0 Å². The number of aromatic nitrogens is 1. The standard InChI is InChI=1S/C21H21N5/c1-2-26-20-13-16(25-23)9-11-18(20)17-10-8-15(24-22)12-19(17)21(26)14-6-4-3-5-7-14/h3-13,24H,2,22-23H2,1H3/p+1. The molecule has 5 heteroatoms. The molecule has 3 aromatic carbocycles. The van der Waals surface area contributed by atoms with Crippen molar-refractivity contribution in [3.05, 3.63) is 66.7 Å². The number of rotatable bonds is 4. The average Bonchev–Trinajstić information content (AvgIpc) is 2.72. The summed E-state index contributed by atoms with van der Waals surface area (Å²) < 4.78 is 2.33. The highest BCUT2D eigenvalue weighted by molar-refractivity contribution is 6.10. The molecule has 5 nitrogen and oxygen atoms in total. The molecule has 1 heterocycles. The van der Waals surface area contributed by atoms with Gasteiger partial charge in [-0.3, -0.25) is 11.7 Å². The van der Waals surface area contributed by atoms with Crippen LogP contribution < -0.4 is 27.1 Å². The Morgan fingerprint density at radius 3 is 2.08 bits per heavy atom. The highest BCUT2D eigenvalue weighted by Gasteiger charge is 2.22. The van der Waals surface area contributed by atoms with Crippen molar-refractivity contribution >= 4 is 33.1 Å². The number of anilines is 2. The molecule has 130 valence electrons. The highest BCUT2D eigenvalue weighted by Crippen LogP contribution is 2.33. The SMILES string of the molecule is CC[n+]1c(-c2ccccc2)c2cc(NN)ccc2c2ccc(NN)cc21. The number of nitrogens with zero attached hydrogens (tertiary/aromatic N) is 1. The third kappa shape index (κ3) is 2.54. The normalized spacial score (nSPS) is 11.0. The summed E-state index contributed by atoms with van der Waals surface area (Å²) in [5, 5.41) is 3.53. The van der Waals surface area contributed by atoms with E-state index in [1.807, 2.05) is 18.2 Å². The van der Waals surface area contributed by atoms with Crippen LogP contribution >= 0.6 is 0 Å². The van der Waals surface area contributed by atoms with E-state index in [-0.39, 0.29) is 0 Å². The lowest BCUT2D eigenvalue weighted by atomic mass is 9.98.